The van der Waals surface area contributed by atoms with Crippen LogP contribution in [0.25, 0.3) is 0 Å². The molecule has 1 saturated carbocycles. The first-order valence-electron chi connectivity index (χ1n) is 6.66. The Morgan fingerprint density at radius 1 is 1.31 bits per heavy atom. The molecule has 0 unspecified atom stereocenters. The number of rotatable bonds is 6. The molecule has 0 atom stereocenters. The number of aliphatic hydroxyl groups is 1. The highest BCUT2D eigenvalue weighted by Gasteiger charge is 2.19. The molecule has 3 heteroatoms. The van der Waals surface area contributed by atoms with Gasteiger partial charge in [0.05, 0.1) is 0 Å². The van der Waals surface area contributed by atoms with E-state index in [1.165, 1.54) is 32.1 Å². The number of aliphatic hydroxyl groups excluding tert-OH is 1. The summed E-state index contributed by atoms with van der Waals surface area (Å²) in [6.07, 6.45) is 7.80. The molecule has 16 heavy (non-hydrogen) atoms. The third-order valence-electron chi connectivity index (χ3n) is 3.51. The minimum Gasteiger partial charge on any atom is -0.396 e. The lowest BCUT2D eigenvalue weighted by Crippen LogP contribution is -2.33. The van der Waals surface area contributed by atoms with Gasteiger partial charge in [-0.2, -0.15) is 0 Å². The van der Waals surface area contributed by atoms with Crippen LogP contribution in [-0.2, 0) is 4.79 Å². The fourth-order valence-corrected chi connectivity index (χ4v) is 2.49. The average Bonchev–Trinajstić information content (AvgIpc) is 2.31. The molecule has 3 nitrogen and oxygen atoms in total. The molecule has 0 aliphatic heterocycles. The Morgan fingerprint density at radius 2 is 2.00 bits per heavy atom. The number of carbonyl (C=O) groups is 1. The minimum absolute atomic E-state index is 0.174. The van der Waals surface area contributed by atoms with Crippen LogP contribution in [0.15, 0.2) is 0 Å². The Kier molecular flexibility index (Phi) is 6.46. The summed E-state index contributed by atoms with van der Waals surface area (Å²) in [6, 6.07) is 0. The van der Waals surface area contributed by atoms with Gasteiger partial charge in [-0.15, -0.1) is 0 Å². The van der Waals surface area contributed by atoms with Crippen LogP contribution in [0.4, 0.5) is 0 Å². The summed E-state index contributed by atoms with van der Waals surface area (Å²) < 4.78 is 0. The van der Waals surface area contributed by atoms with Crippen LogP contribution >= 0.6 is 0 Å². The van der Waals surface area contributed by atoms with Gasteiger partial charge in [-0.05, 0) is 32.1 Å². The van der Waals surface area contributed by atoms with E-state index in [0.717, 1.165) is 13.0 Å². The van der Waals surface area contributed by atoms with Crippen molar-refractivity contribution in [3.05, 3.63) is 0 Å². The van der Waals surface area contributed by atoms with E-state index in [-0.39, 0.29) is 12.5 Å². The molecule has 1 aliphatic carbocycles. The number of hydrogen-bond donors (Lipinski definition) is 1. The molecule has 0 saturated heterocycles. The Balaban J connectivity index is 2.29. The van der Waals surface area contributed by atoms with Gasteiger partial charge in [0.2, 0.25) is 5.91 Å². The highest BCUT2D eigenvalue weighted by molar-refractivity contribution is 5.76. The smallest absolute Gasteiger partial charge is 0.222 e. The zero-order valence-corrected chi connectivity index (χ0v) is 10.5. The molecule has 0 radical (unpaired) electrons. The molecule has 0 heterocycles. The predicted octanol–water partition coefficient (Wildman–Crippen LogP) is 2.19. The van der Waals surface area contributed by atoms with E-state index in [9.17, 15) is 4.79 Å². The molecule has 0 spiro atoms. The van der Waals surface area contributed by atoms with Gasteiger partial charge in [0.1, 0.15) is 0 Å². The second-order valence-electron chi connectivity index (χ2n) is 4.76. The minimum atomic E-state index is 0.174. The summed E-state index contributed by atoms with van der Waals surface area (Å²) in [5, 5.41) is 8.78. The second-order valence-corrected chi connectivity index (χ2v) is 4.76. The molecule has 1 rings (SSSR count). The van der Waals surface area contributed by atoms with Crippen molar-refractivity contribution in [2.45, 2.75) is 51.9 Å². The summed E-state index contributed by atoms with van der Waals surface area (Å²) in [5.74, 6) is 0.896. The Labute approximate surface area is 98.8 Å². The van der Waals surface area contributed by atoms with E-state index in [4.69, 9.17) is 5.11 Å². The topological polar surface area (TPSA) is 40.5 Å². The van der Waals surface area contributed by atoms with Gasteiger partial charge in [0.25, 0.3) is 0 Å². The largest absolute Gasteiger partial charge is 0.396 e. The van der Waals surface area contributed by atoms with Gasteiger partial charge in [-0.25, -0.2) is 0 Å². The zero-order chi connectivity index (χ0) is 11.8. The molecule has 0 aromatic carbocycles. The first-order valence-corrected chi connectivity index (χ1v) is 6.66. The number of carbonyl (C=O) groups excluding carboxylic acids is 1. The van der Waals surface area contributed by atoms with E-state index in [2.05, 4.69) is 0 Å². The molecular weight excluding hydrogens is 202 g/mol. The number of hydrogen-bond acceptors (Lipinski definition) is 2. The van der Waals surface area contributed by atoms with Gasteiger partial charge >= 0.3 is 0 Å². The van der Waals surface area contributed by atoms with Crippen LogP contribution in [0.1, 0.15) is 51.9 Å². The average molecular weight is 227 g/mol. The maximum absolute atomic E-state index is 12.0. The van der Waals surface area contributed by atoms with Gasteiger partial charge in [-0.3, -0.25) is 4.79 Å². The maximum atomic E-state index is 12.0. The summed E-state index contributed by atoms with van der Waals surface area (Å²) in [6.45, 7) is 3.66. The fourth-order valence-electron chi connectivity index (χ4n) is 2.49. The lowest BCUT2D eigenvalue weighted by Gasteiger charge is -2.25. The first-order chi connectivity index (χ1) is 7.77. The fraction of sp³-hybridized carbons (Fsp3) is 0.923. The number of amides is 1. The monoisotopic (exact) mass is 227 g/mol. The van der Waals surface area contributed by atoms with Gasteiger partial charge in [0, 0.05) is 26.1 Å². The SMILES string of the molecule is CCN(CCCO)C(=O)CC1CCCCC1. The summed E-state index contributed by atoms with van der Waals surface area (Å²) in [7, 11) is 0. The maximum Gasteiger partial charge on any atom is 0.222 e. The predicted molar refractivity (Wildman–Crippen MR) is 65.1 cm³/mol. The first kappa shape index (κ1) is 13.5. The van der Waals surface area contributed by atoms with E-state index < -0.39 is 0 Å². The second kappa shape index (κ2) is 7.66. The van der Waals surface area contributed by atoms with Crippen molar-refractivity contribution in [1.82, 2.24) is 4.90 Å². The van der Waals surface area contributed by atoms with Crippen molar-refractivity contribution in [2.75, 3.05) is 19.7 Å². The molecule has 1 aliphatic rings. The molecule has 1 N–H and O–H groups in total. The van der Waals surface area contributed by atoms with Gasteiger partial charge in [0.15, 0.2) is 0 Å². The summed E-state index contributed by atoms with van der Waals surface area (Å²) >= 11 is 0. The molecular formula is C13H25NO2. The van der Waals surface area contributed by atoms with E-state index in [1.807, 2.05) is 11.8 Å². The van der Waals surface area contributed by atoms with Crippen molar-refractivity contribution < 1.29 is 9.90 Å². The van der Waals surface area contributed by atoms with E-state index in [0.29, 0.717) is 18.9 Å². The lowest BCUT2D eigenvalue weighted by atomic mass is 9.86. The third kappa shape index (κ3) is 4.52. The van der Waals surface area contributed by atoms with Crippen LogP contribution in [-0.4, -0.2) is 35.6 Å². The van der Waals surface area contributed by atoms with Crippen molar-refractivity contribution in [2.24, 2.45) is 5.92 Å². The molecule has 0 aromatic rings. The highest BCUT2D eigenvalue weighted by Crippen LogP contribution is 2.26. The summed E-state index contributed by atoms with van der Waals surface area (Å²) in [5.41, 5.74) is 0. The quantitative estimate of drug-likeness (QED) is 0.755. The normalized spacial score (nSPS) is 17.4. The lowest BCUT2D eigenvalue weighted by molar-refractivity contribution is -0.132. The standard InChI is InChI=1S/C13H25NO2/c1-2-14(9-6-10-15)13(16)11-12-7-4-3-5-8-12/h12,15H,2-11H2,1H3. The molecule has 0 bridgehead atoms. The zero-order valence-electron chi connectivity index (χ0n) is 10.5. The van der Waals surface area contributed by atoms with Crippen molar-refractivity contribution in [3.8, 4) is 0 Å². The molecule has 1 fully saturated rings. The van der Waals surface area contributed by atoms with Crippen LogP contribution < -0.4 is 0 Å². The third-order valence-corrected chi connectivity index (χ3v) is 3.51. The van der Waals surface area contributed by atoms with E-state index >= 15 is 0 Å². The Bertz CT molecular complexity index is 200. The summed E-state index contributed by atoms with van der Waals surface area (Å²) in [4.78, 5) is 13.9. The molecule has 1 amide bonds. The van der Waals surface area contributed by atoms with Crippen LogP contribution in [0.2, 0.25) is 0 Å². The van der Waals surface area contributed by atoms with Crippen molar-refractivity contribution >= 4 is 5.91 Å². The van der Waals surface area contributed by atoms with Crippen LogP contribution in [0.3, 0.4) is 0 Å². The molecule has 0 aromatic heterocycles. The molecule has 94 valence electrons. The highest BCUT2D eigenvalue weighted by atomic mass is 16.3. The van der Waals surface area contributed by atoms with Crippen molar-refractivity contribution in [3.63, 3.8) is 0 Å². The van der Waals surface area contributed by atoms with E-state index in [1.54, 1.807) is 0 Å². The van der Waals surface area contributed by atoms with Crippen LogP contribution in [0, 0.1) is 5.92 Å². The van der Waals surface area contributed by atoms with Gasteiger partial charge < -0.3 is 10.0 Å². The Morgan fingerprint density at radius 3 is 2.56 bits per heavy atom. The van der Waals surface area contributed by atoms with Crippen molar-refractivity contribution in [1.29, 1.82) is 0 Å². The number of nitrogens with zero attached hydrogens (tertiary/aromatic N) is 1. The van der Waals surface area contributed by atoms with Gasteiger partial charge in [-0.1, -0.05) is 19.3 Å². The van der Waals surface area contributed by atoms with Crippen LogP contribution in [0.5, 0.6) is 0 Å². The Hall–Kier alpha value is -0.570.